The Labute approximate surface area is 142 Å². The van der Waals surface area contributed by atoms with Gasteiger partial charge in [-0.15, -0.1) is 0 Å². The van der Waals surface area contributed by atoms with Crippen molar-refractivity contribution in [3.8, 4) is 0 Å². The van der Waals surface area contributed by atoms with Crippen molar-refractivity contribution in [1.82, 2.24) is 20.1 Å². The van der Waals surface area contributed by atoms with Crippen LogP contribution in [0, 0.1) is 5.92 Å². The fourth-order valence-corrected chi connectivity index (χ4v) is 3.47. The highest BCUT2D eigenvalue weighted by Crippen LogP contribution is 2.37. The zero-order chi connectivity index (χ0) is 16.4. The predicted octanol–water partition coefficient (Wildman–Crippen LogP) is 2.71. The molecule has 2 fully saturated rings. The zero-order valence-electron chi connectivity index (χ0n) is 13.9. The minimum atomic E-state index is 0.246. The first-order valence-electron chi connectivity index (χ1n) is 9.01. The van der Waals surface area contributed by atoms with Crippen LogP contribution >= 0.6 is 0 Å². The van der Waals surface area contributed by atoms with Crippen LogP contribution in [0.4, 0.5) is 0 Å². The molecule has 0 unspecified atom stereocenters. The molecule has 1 aromatic heterocycles. The minimum absolute atomic E-state index is 0.246. The van der Waals surface area contributed by atoms with E-state index in [1.807, 2.05) is 35.2 Å². The van der Waals surface area contributed by atoms with Gasteiger partial charge in [-0.25, -0.2) is 4.98 Å². The second-order valence-electron chi connectivity index (χ2n) is 7.11. The number of nitrogens with one attached hydrogen (secondary N) is 1. The lowest BCUT2D eigenvalue weighted by Gasteiger charge is -2.31. The first-order chi connectivity index (χ1) is 11.8. The number of hydrogen-bond donors (Lipinski definition) is 1. The molecule has 0 bridgehead atoms. The number of piperidine rings is 1. The van der Waals surface area contributed by atoms with E-state index in [0.29, 0.717) is 18.3 Å². The Morgan fingerprint density at radius 3 is 2.58 bits per heavy atom. The Hall–Kier alpha value is -2.17. The van der Waals surface area contributed by atoms with Crippen molar-refractivity contribution in [1.29, 1.82) is 0 Å². The summed E-state index contributed by atoms with van der Waals surface area (Å²) in [4.78, 5) is 19.1. The average Bonchev–Trinajstić information content (AvgIpc) is 3.36. The Balaban J connectivity index is 1.26. The molecule has 1 N–H and O–H groups in total. The molecule has 24 heavy (non-hydrogen) atoms. The van der Waals surface area contributed by atoms with E-state index in [1.54, 1.807) is 0 Å². The number of amides is 1. The first-order valence-corrected chi connectivity index (χ1v) is 9.01. The van der Waals surface area contributed by atoms with Crippen LogP contribution in [0.2, 0.25) is 0 Å². The Kier molecular flexibility index (Phi) is 4.32. The predicted molar refractivity (Wildman–Crippen MR) is 91.5 cm³/mol. The molecule has 0 spiro atoms. The Bertz CT molecular complexity index is 684. The van der Waals surface area contributed by atoms with Gasteiger partial charge in [0.05, 0.1) is 6.42 Å². The number of rotatable bonds is 5. The van der Waals surface area contributed by atoms with Gasteiger partial charge < -0.3 is 4.90 Å². The summed E-state index contributed by atoms with van der Waals surface area (Å²) in [5.74, 6) is 3.47. The SMILES string of the molecule is O=C(Cc1ccccc1)N1CCC(Cc2nc(C3CC3)n[nH]2)CC1. The van der Waals surface area contributed by atoms with Crippen molar-refractivity contribution in [3.63, 3.8) is 0 Å². The van der Waals surface area contributed by atoms with Gasteiger partial charge >= 0.3 is 0 Å². The average molecular weight is 324 g/mol. The third-order valence-electron chi connectivity index (χ3n) is 5.14. The molecule has 1 saturated heterocycles. The number of aromatic nitrogens is 3. The molecular formula is C19H24N4O. The number of hydrogen-bond acceptors (Lipinski definition) is 3. The van der Waals surface area contributed by atoms with Gasteiger partial charge in [-0.05, 0) is 37.2 Å². The minimum Gasteiger partial charge on any atom is -0.342 e. The van der Waals surface area contributed by atoms with Crippen molar-refractivity contribution in [3.05, 3.63) is 47.5 Å². The summed E-state index contributed by atoms with van der Waals surface area (Å²) < 4.78 is 0. The molecule has 0 radical (unpaired) electrons. The van der Waals surface area contributed by atoms with Crippen molar-refractivity contribution < 1.29 is 4.79 Å². The van der Waals surface area contributed by atoms with E-state index >= 15 is 0 Å². The highest BCUT2D eigenvalue weighted by molar-refractivity contribution is 5.78. The number of carbonyl (C=O) groups excluding carboxylic acids is 1. The van der Waals surface area contributed by atoms with Gasteiger partial charge in [-0.3, -0.25) is 9.89 Å². The highest BCUT2D eigenvalue weighted by atomic mass is 16.2. The topological polar surface area (TPSA) is 61.9 Å². The van der Waals surface area contributed by atoms with Gasteiger partial charge in [0.2, 0.25) is 5.91 Å². The van der Waals surface area contributed by atoms with Crippen LogP contribution in [0.15, 0.2) is 30.3 Å². The summed E-state index contributed by atoms with van der Waals surface area (Å²) in [6, 6.07) is 10.00. The van der Waals surface area contributed by atoms with Crippen molar-refractivity contribution in [2.24, 2.45) is 5.92 Å². The van der Waals surface area contributed by atoms with Crippen LogP contribution in [-0.2, 0) is 17.6 Å². The number of aromatic amines is 1. The molecule has 1 aliphatic carbocycles. The largest absolute Gasteiger partial charge is 0.342 e. The molecule has 1 saturated carbocycles. The van der Waals surface area contributed by atoms with Crippen molar-refractivity contribution >= 4 is 5.91 Å². The molecule has 0 atom stereocenters. The summed E-state index contributed by atoms with van der Waals surface area (Å²) in [5, 5.41) is 7.43. The molecule has 1 aromatic carbocycles. The zero-order valence-corrected chi connectivity index (χ0v) is 13.9. The van der Waals surface area contributed by atoms with E-state index in [2.05, 4.69) is 15.2 Å². The van der Waals surface area contributed by atoms with Gasteiger partial charge in [0.15, 0.2) is 5.82 Å². The molecule has 4 rings (SSSR count). The second kappa shape index (κ2) is 6.75. The quantitative estimate of drug-likeness (QED) is 0.920. The third-order valence-corrected chi connectivity index (χ3v) is 5.14. The van der Waals surface area contributed by atoms with Gasteiger partial charge in [-0.2, -0.15) is 5.10 Å². The Morgan fingerprint density at radius 1 is 1.12 bits per heavy atom. The van der Waals surface area contributed by atoms with Gasteiger partial charge in [0, 0.05) is 25.4 Å². The summed E-state index contributed by atoms with van der Waals surface area (Å²) in [7, 11) is 0. The normalized spacial score (nSPS) is 18.8. The number of benzene rings is 1. The molecule has 1 aliphatic heterocycles. The van der Waals surface area contributed by atoms with Gasteiger partial charge in [0.25, 0.3) is 0 Å². The van der Waals surface area contributed by atoms with Crippen LogP contribution in [0.25, 0.3) is 0 Å². The standard InChI is InChI=1S/C19H24N4O/c24-18(13-14-4-2-1-3-5-14)23-10-8-15(9-11-23)12-17-20-19(22-21-17)16-6-7-16/h1-5,15-16H,6-13H2,(H,20,21,22). The lowest BCUT2D eigenvalue weighted by Crippen LogP contribution is -2.39. The molecule has 2 heterocycles. The molecule has 2 aromatic rings. The maximum atomic E-state index is 12.4. The summed E-state index contributed by atoms with van der Waals surface area (Å²) in [6.45, 7) is 1.72. The molecule has 5 nitrogen and oxygen atoms in total. The van der Waals surface area contributed by atoms with Crippen LogP contribution in [-0.4, -0.2) is 39.1 Å². The van der Waals surface area contributed by atoms with E-state index < -0.39 is 0 Å². The summed E-state index contributed by atoms with van der Waals surface area (Å²) in [6.07, 6.45) is 6.05. The number of likely N-dealkylation sites (tertiary alicyclic amines) is 1. The molecule has 5 heteroatoms. The number of H-pyrrole nitrogens is 1. The lowest BCUT2D eigenvalue weighted by molar-refractivity contribution is -0.131. The van der Waals surface area contributed by atoms with E-state index in [1.165, 1.54) is 12.8 Å². The fraction of sp³-hybridized carbons (Fsp3) is 0.526. The lowest BCUT2D eigenvalue weighted by atomic mass is 9.93. The first kappa shape index (κ1) is 15.4. The second-order valence-corrected chi connectivity index (χ2v) is 7.11. The number of nitrogens with zero attached hydrogens (tertiary/aromatic N) is 3. The fourth-order valence-electron chi connectivity index (χ4n) is 3.47. The smallest absolute Gasteiger partial charge is 0.226 e. The molecule has 126 valence electrons. The van der Waals surface area contributed by atoms with Crippen LogP contribution in [0.5, 0.6) is 0 Å². The maximum Gasteiger partial charge on any atom is 0.226 e. The van der Waals surface area contributed by atoms with Crippen LogP contribution in [0.1, 0.15) is 48.8 Å². The molecule has 2 aliphatic rings. The van der Waals surface area contributed by atoms with E-state index in [4.69, 9.17) is 0 Å². The van der Waals surface area contributed by atoms with Crippen LogP contribution in [0.3, 0.4) is 0 Å². The van der Waals surface area contributed by atoms with E-state index in [0.717, 1.165) is 49.6 Å². The van der Waals surface area contributed by atoms with E-state index in [-0.39, 0.29) is 5.91 Å². The monoisotopic (exact) mass is 324 g/mol. The third kappa shape index (κ3) is 3.66. The van der Waals surface area contributed by atoms with Gasteiger partial charge in [0.1, 0.15) is 5.82 Å². The maximum absolute atomic E-state index is 12.4. The Morgan fingerprint density at radius 2 is 1.88 bits per heavy atom. The van der Waals surface area contributed by atoms with Crippen molar-refractivity contribution in [2.45, 2.75) is 44.4 Å². The summed E-state index contributed by atoms with van der Waals surface area (Å²) in [5.41, 5.74) is 1.10. The van der Waals surface area contributed by atoms with Crippen molar-refractivity contribution in [2.75, 3.05) is 13.1 Å². The van der Waals surface area contributed by atoms with E-state index in [9.17, 15) is 4.79 Å². The van der Waals surface area contributed by atoms with Gasteiger partial charge in [-0.1, -0.05) is 30.3 Å². The number of carbonyl (C=O) groups is 1. The summed E-state index contributed by atoms with van der Waals surface area (Å²) >= 11 is 0. The molecule has 1 amide bonds. The highest BCUT2D eigenvalue weighted by Gasteiger charge is 2.28. The van der Waals surface area contributed by atoms with Crippen LogP contribution < -0.4 is 0 Å². The molecular weight excluding hydrogens is 300 g/mol.